The number of nitrogens with one attached hydrogen (secondary N) is 1. The second-order valence-corrected chi connectivity index (χ2v) is 14.5. The SMILES string of the molecule is CC(C)(C)OC(=O)Nc1ccc2c(c1F)C1(CCC2)Cc2nc(OC[C@@]34CCCN3C[C@H](F)C4)nc(N3CCCOCC3)c2CO1. The van der Waals surface area contributed by atoms with Gasteiger partial charge in [0.25, 0.3) is 0 Å². The van der Waals surface area contributed by atoms with Gasteiger partial charge in [0.1, 0.15) is 29.8 Å². The van der Waals surface area contributed by atoms with Gasteiger partial charge in [-0.15, -0.1) is 0 Å². The van der Waals surface area contributed by atoms with Crippen molar-refractivity contribution in [2.24, 2.45) is 0 Å². The van der Waals surface area contributed by atoms with Gasteiger partial charge in [-0.25, -0.2) is 13.6 Å². The molecular weight excluding hydrogens is 596 g/mol. The van der Waals surface area contributed by atoms with E-state index in [-0.39, 0.29) is 23.8 Å². The van der Waals surface area contributed by atoms with Gasteiger partial charge >= 0.3 is 12.1 Å². The molecule has 3 saturated heterocycles. The molecule has 3 atom stereocenters. The zero-order valence-electron chi connectivity index (χ0n) is 27.1. The first-order valence-corrected chi connectivity index (χ1v) is 16.7. The van der Waals surface area contributed by atoms with Gasteiger partial charge in [0, 0.05) is 50.2 Å². The Hall–Kier alpha value is -3.09. The van der Waals surface area contributed by atoms with Crippen molar-refractivity contribution < 1.29 is 32.5 Å². The second kappa shape index (κ2) is 12.2. The highest BCUT2D eigenvalue weighted by Crippen LogP contribution is 2.48. The van der Waals surface area contributed by atoms with Crippen LogP contribution < -0.4 is 15.0 Å². The van der Waals surface area contributed by atoms with Crippen LogP contribution in [0, 0.1) is 5.82 Å². The fourth-order valence-electron chi connectivity index (χ4n) is 8.09. The topological polar surface area (TPSA) is 98.3 Å². The summed E-state index contributed by atoms with van der Waals surface area (Å²) in [6.45, 7) is 9.87. The van der Waals surface area contributed by atoms with Crippen LogP contribution in [0.15, 0.2) is 12.1 Å². The fourth-order valence-corrected chi connectivity index (χ4v) is 8.09. The minimum atomic E-state index is -0.963. The number of fused-ring (bicyclic) bond motifs is 4. The van der Waals surface area contributed by atoms with Crippen molar-refractivity contribution in [2.45, 2.75) is 102 Å². The molecule has 1 aromatic carbocycles. The third kappa shape index (κ3) is 6.04. The Morgan fingerprint density at radius 2 is 2.00 bits per heavy atom. The van der Waals surface area contributed by atoms with E-state index in [0.717, 1.165) is 61.4 Å². The number of ether oxygens (including phenoxy) is 4. The van der Waals surface area contributed by atoms with Gasteiger partial charge in [-0.05, 0) is 77.5 Å². The van der Waals surface area contributed by atoms with Crippen LogP contribution in [0.5, 0.6) is 6.01 Å². The number of benzene rings is 1. The van der Waals surface area contributed by atoms with Crippen molar-refractivity contribution in [2.75, 3.05) is 56.2 Å². The summed E-state index contributed by atoms with van der Waals surface area (Å²) in [6, 6.07) is 3.73. The molecule has 7 rings (SSSR count). The third-order valence-corrected chi connectivity index (χ3v) is 10.1. The lowest BCUT2D eigenvalue weighted by molar-refractivity contribution is -0.0876. The molecular formula is C34H45F2N5O5. The predicted octanol–water partition coefficient (Wildman–Crippen LogP) is 5.45. The maximum absolute atomic E-state index is 16.4. The number of halogens is 2. The highest BCUT2D eigenvalue weighted by atomic mass is 19.1. The number of rotatable bonds is 5. The number of carbonyl (C=O) groups is 1. The van der Waals surface area contributed by atoms with Crippen LogP contribution in [0.4, 0.5) is 25.1 Å². The Kier molecular flexibility index (Phi) is 8.34. The van der Waals surface area contributed by atoms with Crippen LogP contribution in [0.2, 0.25) is 0 Å². The van der Waals surface area contributed by atoms with Gasteiger partial charge in [0.15, 0.2) is 5.82 Å². The van der Waals surface area contributed by atoms with Crippen LogP contribution in [0.3, 0.4) is 0 Å². The summed E-state index contributed by atoms with van der Waals surface area (Å²) < 4.78 is 55.1. The number of alkyl halides is 1. The molecule has 1 aromatic heterocycles. The zero-order chi connectivity index (χ0) is 32.1. The Labute approximate surface area is 269 Å². The summed E-state index contributed by atoms with van der Waals surface area (Å²) in [5.41, 5.74) is 1.01. The molecule has 2 aromatic rings. The Balaban J connectivity index is 1.22. The Morgan fingerprint density at radius 3 is 2.85 bits per heavy atom. The van der Waals surface area contributed by atoms with Crippen LogP contribution in [0.25, 0.3) is 0 Å². The van der Waals surface area contributed by atoms with Crippen molar-refractivity contribution in [3.63, 3.8) is 0 Å². The van der Waals surface area contributed by atoms with E-state index in [1.54, 1.807) is 26.8 Å². The van der Waals surface area contributed by atoms with Crippen molar-refractivity contribution in [3.8, 4) is 6.01 Å². The van der Waals surface area contributed by atoms with E-state index >= 15 is 4.39 Å². The maximum Gasteiger partial charge on any atom is 0.412 e. The molecule has 250 valence electrons. The molecule has 5 aliphatic rings. The summed E-state index contributed by atoms with van der Waals surface area (Å²) in [5.74, 6) is 0.247. The smallest absolute Gasteiger partial charge is 0.412 e. The van der Waals surface area contributed by atoms with E-state index in [1.165, 1.54) is 0 Å². The van der Waals surface area contributed by atoms with Crippen molar-refractivity contribution >= 4 is 17.6 Å². The van der Waals surface area contributed by atoms with Crippen LogP contribution in [-0.2, 0) is 39.3 Å². The van der Waals surface area contributed by atoms with Crippen molar-refractivity contribution in [1.29, 1.82) is 0 Å². The number of hydrogen-bond donors (Lipinski definition) is 1. The van der Waals surface area contributed by atoms with Crippen LogP contribution in [0.1, 0.15) is 81.7 Å². The van der Waals surface area contributed by atoms with E-state index < -0.39 is 29.3 Å². The largest absolute Gasteiger partial charge is 0.461 e. The molecule has 1 unspecified atom stereocenters. The number of aryl methyl sites for hydroxylation is 1. The van der Waals surface area contributed by atoms with E-state index in [9.17, 15) is 9.18 Å². The van der Waals surface area contributed by atoms with Gasteiger partial charge in [-0.3, -0.25) is 10.2 Å². The van der Waals surface area contributed by atoms with Crippen LogP contribution >= 0.6 is 0 Å². The van der Waals surface area contributed by atoms with E-state index in [0.29, 0.717) is 64.2 Å². The fraction of sp³-hybridized carbons (Fsp3) is 0.676. The average Bonchev–Trinajstić information content (AvgIpc) is 3.38. The molecule has 46 heavy (non-hydrogen) atoms. The lowest BCUT2D eigenvalue weighted by Crippen LogP contribution is -2.44. The van der Waals surface area contributed by atoms with Crippen LogP contribution in [-0.4, -0.2) is 84.3 Å². The number of anilines is 2. The Morgan fingerprint density at radius 1 is 1.13 bits per heavy atom. The number of aromatic nitrogens is 2. The standard InChI is InChI=1S/C34H45F2N5O5/c1-32(2,3)46-31(42)38-25-9-8-22-7-4-11-34(27(22)28(25)36)18-26-24(20-45-34)29(40-12-6-15-43-16-14-40)39-30(37-26)44-21-33-10-5-13-41(33)19-23(35)17-33/h8-9,23H,4-7,10-21H2,1-3H3,(H,38,42)/t23-,33+,34?/m1/s1. The summed E-state index contributed by atoms with van der Waals surface area (Å²) in [5, 5.41) is 2.60. The Bertz CT molecular complexity index is 1480. The summed E-state index contributed by atoms with van der Waals surface area (Å²) in [4.78, 5) is 26.9. The first-order valence-electron chi connectivity index (χ1n) is 16.7. The quantitative estimate of drug-likeness (QED) is 0.457. The first kappa shape index (κ1) is 31.5. The highest BCUT2D eigenvalue weighted by Gasteiger charge is 2.50. The lowest BCUT2D eigenvalue weighted by Gasteiger charge is -2.43. The summed E-state index contributed by atoms with van der Waals surface area (Å²) in [7, 11) is 0. The molecule has 1 spiro atoms. The van der Waals surface area contributed by atoms with E-state index in [2.05, 4.69) is 15.1 Å². The zero-order valence-corrected chi connectivity index (χ0v) is 27.1. The maximum atomic E-state index is 16.4. The van der Waals surface area contributed by atoms with Gasteiger partial charge in [-0.1, -0.05) is 6.07 Å². The number of hydrogen-bond acceptors (Lipinski definition) is 9. The normalized spacial score (nSPS) is 27.9. The summed E-state index contributed by atoms with van der Waals surface area (Å²) >= 11 is 0. The van der Waals surface area contributed by atoms with Gasteiger partial charge in [0.2, 0.25) is 0 Å². The molecule has 4 aliphatic heterocycles. The molecule has 5 heterocycles. The predicted molar refractivity (Wildman–Crippen MR) is 168 cm³/mol. The minimum absolute atomic E-state index is 0.0590. The number of amides is 1. The van der Waals surface area contributed by atoms with Gasteiger partial charge in [-0.2, -0.15) is 9.97 Å². The van der Waals surface area contributed by atoms with Crippen molar-refractivity contribution in [3.05, 3.63) is 40.3 Å². The minimum Gasteiger partial charge on any atom is -0.461 e. The first-order chi connectivity index (χ1) is 22.0. The molecule has 3 fully saturated rings. The molecule has 1 N–H and O–H groups in total. The molecule has 0 saturated carbocycles. The van der Waals surface area contributed by atoms with E-state index in [1.807, 2.05) is 6.07 Å². The number of carbonyl (C=O) groups excluding carboxylic acids is 1. The molecule has 10 nitrogen and oxygen atoms in total. The monoisotopic (exact) mass is 641 g/mol. The van der Waals surface area contributed by atoms with Gasteiger partial charge < -0.3 is 23.8 Å². The molecule has 0 radical (unpaired) electrons. The molecule has 1 aliphatic carbocycles. The third-order valence-electron chi connectivity index (χ3n) is 10.1. The highest BCUT2D eigenvalue weighted by molar-refractivity contribution is 5.85. The molecule has 1 amide bonds. The average molecular weight is 642 g/mol. The lowest BCUT2D eigenvalue weighted by atomic mass is 9.74. The van der Waals surface area contributed by atoms with E-state index in [4.69, 9.17) is 28.9 Å². The number of nitrogens with zero attached hydrogens (tertiary/aromatic N) is 4. The summed E-state index contributed by atoms with van der Waals surface area (Å²) in [6.07, 6.45) is 4.15. The molecule has 12 heteroatoms. The van der Waals surface area contributed by atoms with Gasteiger partial charge in [0.05, 0.1) is 30.1 Å². The second-order valence-electron chi connectivity index (χ2n) is 14.5. The molecule has 0 bridgehead atoms. The van der Waals surface area contributed by atoms with Crippen molar-refractivity contribution in [1.82, 2.24) is 14.9 Å².